The summed E-state index contributed by atoms with van der Waals surface area (Å²) in [5, 5.41) is 7.84. The number of carbonyl (C=O) groups excluding carboxylic acids is 1. The van der Waals surface area contributed by atoms with Gasteiger partial charge in [-0.3, -0.25) is 4.79 Å². The van der Waals surface area contributed by atoms with Gasteiger partial charge < -0.3 is 5.73 Å². The Hall–Kier alpha value is -1.23. The molecular weight excluding hydrogens is 228 g/mol. The summed E-state index contributed by atoms with van der Waals surface area (Å²) in [6.07, 6.45) is 6.62. The van der Waals surface area contributed by atoms with Crippen LogP contribution in [0.25, 0.3) is 0 Å². The van der Waals surface area contributed by atoms with E-state index >= 15 is 0 Å². The van der Waals surface area contributed by atoms with Gasteiger partial charge in [0.05, 0.1) is 6.20 Å². The van der Waals surface area contributed by atoms with Crippen molar-refractivity contribution in [1.29, 1.82) is 0 Å². The van der Waals surface area contributed by atoms with Crippen molar-refractivity contribution in [3.8, 4) is 0 Å². The van der Waals surface area contributed by atoms with Crippen LogP contribution < -0.4 is 5.73 Å². The van der Waals surface area contributed by atoms with Gasteiger partial charge >= 0.3 is 0 Å². The predicted molar refractivity (Wildman–Crippen MR) is 69.1 cm³/mol. The lowest BCUT2D eigenvalue weighted by Gasteiger charge is -2.26. The number of Topliss-reactive ketones (excluding diaryl/α,β-unsaturated/α-hetero) is 1. The van der Waals surface area contributed by atoms with Crippen LogP contribution in [0.15, 0.2) is 6.20 Å². The van der Waals surface area contributed by atoms with Crippen molar-refractivity contribution < 1.29 is 4.79 Å². The molecule has 5 nitrogen and oxygen atoms in total. The molecule has 0 bridgehead atoms. The number of hydrogen-bond acceptors (Lipinski definition) is 4. The fraction of sp³-hybridized carbons (Fsp3) is 0.769. The minimum atomic E-state index is 0.141. The molecule has 0 spiro atoms. The third kappa shape index (κ3) is 2.77. The SMILES string of the molecule is CCCn1nncc1C(=O)C1CCC(CN)CC1. The molecule has 1 aliphatic rings. The van der Waals surface area contributed by atoms with Gasteiger partial charge in [0.25, 0.3) is 0 Å². The highest BCUT2D eigenvalue weighted by Crippen LogP contribution is 2.30. The average molecular weight is 250 g/mol. The molecule has 5 heteroatoms. The number of ketones is 1. The Kier molecular flexibility index (Phi) is 4.47. The predicted octanol–water partition coefficient (Wildman–Crippen LogP) is 1.64. The van der Waals surface area contributed by atoms with Gasteiger partial charge in [-0.05, 0) is 44.6 Å². The standard InChI is InChI=1S/C13H22N4O/c1-2-7-17-12(9-15-16-17)13(18)11-5-3-10(8-14)4-6-11/h9-11H,2-8,14H2,1H3. The van der Waals surface area contributed by atoms with Crippen molar-refractivity contribution in [2.45, 2.75) is 45.6 Å². The van der Waals surface area contributed by atoms with Gasteiger partial charge in [-0.25, -0.2) is 4.68 Å². The molecule has 0 aromatic carbocycles. The van der Waals surface area contributed by atoms with E-state index in [-0.39, 0.29) is 11.7 Å². The highest BCUT2D eigenvalue weighted by Gasteiger charge is 2.28. The summed E-state index contributed by atoms with van der Waals surface area (Å²) in [5.74, 6) is 0.957. The first-order valence-electron chi connectivity index (χ1n) is 6.89. The summed E-state index contributed by atoms with van der Waals surface area (Å²) in [6, 6.07) is 0. The molecule has 1 heterocycles. The number of carbonyl (C=O) groups is 1. The highest BCUT2D eigenvalue weighted by atomic mass is 16.1. The third-order valence-corrected chi connectivity index (χ3v) is 3.86. The molecule has 0 aliphatic heterocycles. The monoisotopic (exact) mass is 250 g/mol. The molecule has 1 aromatic rings. The van der Waals surface area contributed by atoms with E-state index in [9.17, 15) is 4.79 Å². The maximum Gasteiger partial charge on any atom is 0.185 e. The lowest BCUT2D eigenvalue weighted by Crippen LogP contribution is -2.27. The first kappa shape index (κ1) is 13.2. The number of hydrogen-bond donors (Lipinski definition) is 1. The van der Waals surface area contributed by atoms with Crippen molar-refractivity contribution in [2.24, 2.45) is 17.6 Å². The van der Waals surface area contributed by atoms with Crippen LogP contribution >= 0.6 is 0 Å². The van der Waals surface area contributed by atoms with E-state index in [1.165, 1.54) is 0 Å². The van der Waals surface area contributed by atoms with Crippen LogP contribution in [0.5, 0.6) is 0 Å². The summed E-state index contributed by atoms with van der Waals surface area (Å²) in [6.45, 7) is 3.58. The quantitative estimate of drug-likeness (QED) is 0.806. The molecule has 18 heavy (non-hydrogen) atoms. The fourth-order valence-electron chi connectivity index (χ4n) is 2.69. The van der Waals surface area contributed by atoms with E-state index < -0.39 is 0 Å². The fourth-order valence-corrected chi connectivity index (χ4v) is 2.69. The molecule has 1 saturated carbocycles. The molecule has 0 radical (unpaired) electrons. The summed E-state index contributed by atoms with van der Waals surface area (Å²) < 4.78 is 1.73. The Morgan fingerprint density at radius 3 is 2.78 bits per heavy atom. The Bertz CT molecular complexity index is 393. The van der Waals surface area contributed by atoms with Gasteiger partial charge in [0, 0.05) is 12.5 Å². The molecular formula is C13H22N4O. The number of aromatic nitrogens is 3. The lowest BCUT2D eigenvalue weighted by atomic mass is 9.79. The molecule has 1 fully saturated rings. The first-order valence-corrected chi connectivity index (χ1v) is 6.89. The smallest absolute Gasteiger partial charge is 0.185 e. The number of aryl methyl sites for hydroxylation is 1. The molecule has 0 unspecified atom stereocenters. The largest absolute Gasteiger partial charge is 0.330 e. The van der Waals surface area contributed by atoms with E-state index in [4.69, 9.17) is 5.73 Å². The van der Waals surface area contributed by atoms with Crippen LogP contribution in [0.4, 0.5) is 0 Å². The van der Waals surface area contributed by atoms with Gasteiger partial charge in [-0.15, -0.1) is 5.10 Å². The summed E-state index contributed by atoms with van der Waals surface area (Å²) in [7, 11) is 0. The number of nitrogens with two attached hydrogens (primary N) is 1. The molecule has 0 amide bonds. The van der Waals surface area contributed by atoms with Gasteiger partial charge in [0.1, 0.15) is 5.69 Å². The third-order valence-electron chi connectivity index (χ3n) is 3.86. The second kappa shape index (κ2) is 6.09. The maximum atomic E-state index is 12.4. The van der Waals surface area contributed by atoms with Gasteiger partial charge in [0.2, 0.25) is 0 Å². The van der Waals surface area contributed by atoms with Crippen LogP contribution in [0, 0.1) is 11.8 Å². The van der Waals surface area contributed by atoms with E-state index in [0.29, 0.717) is 11.6 Å². The topological polar surface area (TPSA) is 73.8 Å². The van der Waals surface area contributed by atoms with Crippen LogP contribution in [0.2, 0.25) is 0 Å². The number of rotatable bonds is 5. The van der Waals surface area contributed by atoms with Gasteiger partial charge in [-0.2, -0.15) is 0 Å². The molecule has 2 rings (SSSR count). The lowest BCUT2D eigenvalue weighted by molar-refractivity contribution is 0.0862. The number of nitrogens with zero attached hydrogens (tertiary/aromatic N) is 3. The van der Waals surface area contributed by atoms with Gasteiger partial charge in [0.15, 0.2) is 5.78 Å². The Morgan fingerprint density at radius 1 is 1.44 bits per heavy atom. The average Bonchev–Trinajstić information content (AvgIpc) is 2.87. The van der Waals surface area contributed by atoms with Crippen molar-refractivity contribution in [3.63, 3.8) is 0 Å². The van der Waals surface area contributed by atoms with E-state index in [1.807, 2.05) is 0 Å². The van der Waals surface area contributed by atoms with Crippen LogP contribution in [-0.4, -0.2) is 27.3 Å². The minimum Gasteiger partial charge on any atom is -0.330 e. The molecule has 0 atom stereocenters. The molecule has 2 N–H and O–H groups in total. The van der Waals surface area contributed by atoms with Gasteiger partial charge in [-0.1, -0.05) is 12.1 Å². The van der Waals surface area contributed by atoms with E-state index in [1.54, 1.807) is 10.9 Å². The Labute approximate surface area is 108 Å². The highest BCUT2D eigenvalue weighted by molar-refractivity contribution is 5.96. The minimum absolute atomic E-state index is 0.141. The molecule has 1 aromatic heterocycles. The normalized spacial score (nSPS) is 24.1. The van der Waals surface area contributed by atoms with Crippen molar-refractivity contribution >= 4 is 5.78 Å². The molecule has 1 aliphatic carbocycles. The zero-order valence-corrected chi connectivity index (χ0v) is 11.0. The summed E-state index contributed by atoms with van der Waals surface area (Å²) in [4.78, 5) is 12.4. The van der Waals surface area contributed by atoms with Crippen molar-refractivity contribution in [3.05, 3.63) is 11.9 Å². The zero-order valence-electron chi connectivity index (χ0n) is 11.0. The summed E-state index contributed by atoms with van der Waals surface area (Å²) in [5.41, 5.74) is 6.35. The summed E-state index contributed by atoms with van der Waals surface area (Å²) >= 11 is 0. The van der Waals surface area contributed by atoms with Crippen molar-refractivity contribution in [1.82, 2.24) is 15.0 Å². The van der Waals surface area contributed by atoms with Crippen LogP contribution in [0.1, 0.15) is 49.5 Å². The second-order valence-corrected chi connectivity index (χ2v) is 5.16. The maximum absolute atomic E-state index is 12.4. The van der Waals surface area contributed by atoms with Crippen LogP contribution in [-0.2, 0) is 6.54 Å². The molecule has 0 saturated heterocycles. The zero-order chi connectivity index (χ0) is 13.0. The second-order valence-electron chi connectivity index (χ2n) is 5.16. The first-order chi connectivity index (χ1) is 8.76. The Balaban J connectivity index is 2.01. The van der Waals surface area contributed by atoms with E-state index in [2.05, 4.69) is 17.2 Å². The molecule has 100 valence electrons. The van der Waals surface area contributed by atoms with E-state index in [0.717, 1.165) is 45.2 Å². The van der Waals surface area contributed by atoms with Crippen LogP contribution in [0.3, 0.4) is 0 Å². The van der Waals surface area contributed by atoms with Crippen molar-refractivity contribution in [2.75, 3.05) is 6.54 Å². The Morgan fingerprint density at radius 2 is 2.17 bits per heavy atom.